The minimum absolute atomic E-state index is 0.0175. The second-order valence-corrected chi connectivity index (χ2v) is 6.03. The van der Waals surface area contributed by atoms with E-state index in [1.54, 1.807) is 6.20 Å². The normalized spacial score (nSPS) is 10.6. The van der Waals surface area contributed by atoms with Crippen molar-refractivity contribution in [2.75, 3.05) is 11.9 Å². The van der Waals surface area contributed by atoms with Gasteiger partial charge in [0.05, 0.1) is 9.40 Å². The van der Waals surface area contributed by atoms with Crippen LogP contribution in [-0.2, 0) is 0 Å². The molecule has 1 N–H and O–H groups in total. The first-order valence-corrected chi connectivity index (χ1v) is 8.48. The van der Waals surface area contributed by atoms with Crippen LogP contribution < -0.4 is 5.32 Å². The summed E-state index contributed by atoms with van der Waals surface area (Å²) in [5.74, 6) is 0. The predicted octanol–water partition coefficient (Wildman–Crippen LogP) is 5.30. The third-order valence-corrected chi connectivity index (χ3v) is 4.01. The van der Waals surface area contributed by atoms with Gasteiger partial charge < -0.3 is 5.32 Å². The van der Waals surface area contributed by atoms with Crippen LogP contribution in [0.25, 0.3) is 0 Å². The summed E-state index contributed by atoms with van der Waals surface area (Å²) < 4.78 is 0.635. The van der Waals surface area contributed by atoms with E-state index in [0.717, 1.165) is 19.4 Å². The smallest absolute Gasteiger partial charge is 0.311 e. The fraction of sp³-hybridized carbons (Fsp3) is 0.667. The van der Waals surface area contributed by atoms with Crippen molar-refractivity contribution in [2.24, 2.45) is 0 Å². The fourth-order valence-corrected chi connectivity index (χ4v) is 2.67. The molecular formula is C15H24BrN3O2. The molecule has 5 nitrogen and oxygen atoms in total. The van der Waals surface area contributed by atoms with Gasteiger partial charge in [0.2, 0.25) is 0 Å². The topological polar surface area (TPSA) is 68.1 Å². The van der Waals surface area contributed by atoms with Crippen LogP contribution in [0.1, 0.15) is 58.3 Å². The van der Waals surface area contributed by atoms with Gasteiger partial charge >= 0.3 is 5.69 Å². The van der Waals surface area contributed by atoms with Crippen LogP contribution in [0.15, 0.2) is 16.9 Å². The Morgan fingerprint density at radius 1 is 1.14 bits per heavy atom. The molecule has 0 bridgehead atoms. The highest BCUT2D eigenvalue weighted by Crippen LogP contribution is 2.30. The molecule has 0 radical (unpaired) electrons. The van der Waals surface area contributed by atoms with Crippen LogP contribution in [0.3, 0.4) is 0 Å². The maximum atomic E-state index is 10.9. The van der Waals surface area contributed by atoms with E-state index in [2.05, 4.69) is 33.2 Å². The molecular weight excluding hydrogens is 334 g/mol. The van der Waals surface area contributed by atoms with E-state index in [4.69, 9.17) is 0 Å². The van der Waals surface area contributed by atoms with Crippen molar-refractivity contribution >= 4 is 27.3 Å². The number of pyridine rings is 1. The Labute approximate surface area is 134 Å². The van der Waals surface area contributed by atoms with Crippen molar-refractivity contribution in [2.45, 2.75) is 58.3 Å². The molecule has 1 aromatic heterocycles. The fourth-order valence-electron chi connectivity index (χ4n) is 2.21. The van der Waals surface area contributed by atoms with Gasteiger partial charge in [0.15, 0.2) is 0 Å². The van der Waals surface area contributed by atoms with Crippen molar-refractivity contribution < 1.29 is 4.92 Å². The van der Waals surface area contributed by atoms with E-state index in [-0.39, 0.29) is 5.69 Å². The minimum Gasteiger partial charge on any atom is -0.378 e. The second kappa shape index (κ2) is 10.5. The van der Waals surface area contributed by atoms with E-state index < -0.39 is 4.92 Å². The molecule has 0 unspecified atom stereocenters. The Morgan fingerprint density at radius 3 is 2.38 bits per heavy atom. The first-order chi connectivity index (χ1) is 10.2. The number of unbranched alkanes of at least 4 members (excludes halogenated alkanes) is 7. The van der Waals surface area contributed by atoms with Crippen molar-refractivity contribution in [3.63, 3.8) is 0 Å². The molecule has 6 heteroatoms. The molecule has 21 heavy (non-hydrogen) atoms. The van der Waals surface area contributed by atoms with Crippen LogP contribution in [0.5, 0.6) is 0 Å². The lowest BCUT2D eigenvalue weighted by molar-refractivity contribution is -0.384. The first-order valence-electron chi connectivity index (χ1n) is 7.68. The van der Waals surface area contributed by atoms with Crippen LogP contribution in [0, 0.1) is 10.1 Å². The highest BCUT2D eigenvalue weighted by Gasteiger charge is 2.16. The third kappa shape index (κ3) is 6.89. The molecule has 0 aliphatic heterocycles. The average Bonchev–Trinajstić information content (AvgIpc) is 2.46. The number of hydrogen-bond acceptors (Lipinski definition) is 4. The molecule has 0 amide bonds. The summed E-state index contributed by atoms with van der Waals surface area (Å²) >= 11 is 3.30. The zero-order valence-corrected chi connectivity index (χ0v) is 14.2. The van der Waals surface area contributed by atoms with Gasteiger partial charge in [-0.15, -0.1) is 0 Å². The molecule has 0 aromatic carbocycles. The van der Waals surface area contributed by atoms with Crippen LogP contribution in [0.2, 0.25) is 0 Å². The Morgan fingerprint density at radius 2 is 1.76 bits per heavy atom. The highest BCUT2D eigenvalue weighted by molar-refractivity contribution is 9.10. The summed E-state index contributed by atoms with van der Waals surface area (Å²) in [5.41, 5.74) is 0.543. The Bertz CT molecular complexity index is 441. The molecule has 0 saturated carbocycles. The maximum absolute atomic E-state index is 10.9. The van der Waals surface area contributed by atoms with E-state index in [9.17, 15) is 10.1 Å². The highest BCUT2D eigenvalue weighted by atomic mass is 79.9. The summed E-state index contributed by atoms with van der Waals surface area (Å²) in [5, 5.41) is 14.1. The molecule has 1 rings (SSSR count). The standard InChI is InChI=1S/C15H24BrN3O2/c1-2-3-4-5-6-7-8-9-10-18-15-13(16)11-17-12-14(15)19(20)21/h11-12H,2-10H2,1H3,(H,17,18). The monoisotopic (exact) mass is 357 g/mol. The van der Waals surface area contributed by atoms with Gasteiger partial charge in [0.25, 0.3) is 0 Å². The van der Waals surface area contributed by atoms with E-state index in [1.165, 1.54) is 44.7 Å². The zero-order chi connectivity index (χ0) is 15.5. The summed E-state index contributed by atoms with van der Waals surface area (Å²) in [4.78, 5) is 14.4. The number of nitrogens with one attached hydrogen (secondary N) is 1. The molecule has 1 aromatic rings. The quantitative estimate of drug-likeness (QED) is 0.331. The van der Waals surface area contributed by atoms with Crippen molar-refractivity contribution in [1.82, 2.24) is 4.98 Å². The Kier molecular flexibility index (Phi) is 8.98. The maximum Gasteiger partial charge on any atom is 0.311 e. The lowest BCUT2D eigenvalue weighted by Gasteiger charge is -2.08. The molecule has 118 valence electrons. The average molecular weight is 358 g/mol. The molecule has 0 atom stereocenters. The summed E-state index contributed by atoms with van der Waals surface area (Å²) in [6.07, 6.45) is 12.8. The SMILES string of the molecule is CCCCCCCCCCNc1c(Br)cncc1[N+](=O)[O-]. The van der Waals surface area contributed by atoms with Crippen LogP contribution in [0.4, 0.5) is 11.4 Å². The van der Waals surface area contributed by atoms with Gasteiger partial charge in [-0.3, -0.25) is 15.1 Å². The number of halogens is 1. The number of aromatic nitrogens is 1. The number of nitro groups is 1. The minimum atomic E-state index is -0.409. The molecule has 1 heterocycles. The Balaban J connectivity index is 2.23. The van der Waals surface area contributed by atoms with E-state index in [0.29, 0.717) is 10.2 Å². The lowest BCUT2D eigenvalue weighted by Crippen LogP contribution is -2.05. The van der Waals surface area contributed by atoms with Gasteiger partial charge in [-0.25, -0.2) is 0 Å². The molecule has 0 aliphatic carbocycles. The molecule has 0 spiro atoms. The summed E-state index contributed by atoms with van der Waals surface area (Å²) in [7, 11) is 0. The summed E-state index contributed by atoms with van der Waals surface area (Å²) in [6.45, 7) is 2.97. The molecule has 0 fully saturated rings. The Hall–Kier alpha value is -1.17. The van der Waals surface area contributed by atoms with Gasteiger partial charge in [-0.1, -0.05) is 51.9 Å². The van der Waals surface area contributed by atoms with Gasteiger partial charge in [-0.05, 0) is 22.4 Å². The van der Waals surface area contributed by atoms with Gasteiger partial charge in [-0.2, -0.15) is 0 Å². The van der Waals surface area contributed by atoms with Gasteiger partial charge in [0, 0.05) is 12.7 Å². The lowest BCUT2D eigenvalue weighted by atomic mass is 10.1. The summed E-state index contributed by atoms with van der Waals surface area (Å²) in [6, 6.07) is 0. The van der Waals surface area contributed by atoms with Crippen LogP contribution >= 0.6 is 15.9 Å². The molecule has 0 aliphatic rings. The first kappa shape index (κ1) is 17.9. The second-order valence-electron chi connectivity index (χ2n) is 5.17. The van der Waals surface area contributed by atoms with E-state index in [1.807, 2.05) is 0 Å². The number of nitrogens with zero attached hydrogens (tertiary/aromatic N) is 2. The predicted molar refractivity (Wildman–Crippen MR) is 89.7 cm³/mol. The number of hydrogen-bond donors (Lipinski definition) is 1. The largest absolute Gasteiger partial charge is 0.378 e. The van der Waals surface area contributed by atoms with Crippen molar-refractivity contribution in [3.05, 3.63) is 27.0 Å². The zero-order valence-electron chi connectivity index (χ0n) is 12.6. The van der Waals surface area contributed by atoms with Crippen LogP contribution in [-0.4, -0.2) is 16.5 Å². The van der Waals surface area contributed by atoms with E-state index >= 15 is 0 Å². The number of anilines is 1. The third-order valence-electron chi connectivity index (χ3n) is 3.41. The van der Waals surface area contributed by atoms with Gasteiger partial charge in [0.1, 0.15) is 11.9 Å². The molecule has 0 saturated heterocycles. The number of rotatable bonds is 11. The van der Waals surface area contributed by atoms with Crippen molar-refractivity contribution in [1.29, 1.82) is 0 Å². The van der Waals surface area contributed by atoms with Crippen molar-refractivity contribution in [3.8, 4) is 0 Å².